The minimum Gasteiger partial charge on any atom is -0.368 e. The molecule has 0 atom stereocenters. The zero-order valence-corrected chi connectivity index (χ0v) is 13.9. The molecule has 0 saturated carbocycles. The van der Waals surface area contributed by atoms with Crippen molar-refractivity contribution in [2.75, 3.05) is 6.54 Å². The van der Waals surface area contributed by atoms with Crippen LogP contribution in [0.4, 0.5) is 0 Å². The smallest absolute Gasteiger partial charge is 0.266 e. The number of nitrogens with two attached hydrogens (primary N) is 2. The Morgan fingerprint density at radius 3 is 2.42 bits per heavy atom. The average molecular weight is 333 g/mol. The number of hydrogen-bond donors (Lipinski definition) is 3. The number of amides is 3. The third-order valence-electron chi connectivity index (χ3n) is 3.29. The van der Waals surface area contributed by atoms with Crippen molar-refractivity contribution in [2.24, 2.45) is 16.5 Å². The van der Waals surface area contributed by atoms with Crippen LogP contribution in [0.1, 0.15) is 32.3 Å². The van der Waals surface area contributed by atoms with Crippen LogP contribution in [-0.4, -0.2) is 40.5 Å². The molecule has 0 bridgehead atoms. The summed E-state index contributed by atoms with van der Waals surface area (Å²) in [5, 5.41) is 2.49. The van der Waals surface area contributed by atoms with Crippen LogP contribution in [0.25, 0.3) is 0 Å². The highest BCUT2D eigenvalue weighted by Crippen LogP contribution is 2.04. The Morgan fingerprint density at radius 1 is 1.25 bits per heavy atom. The number of nitrogens with one attached hydrogen (secondary N) is 1. The number of primary amides is 1. The average Bonchev–Trinajstić information content (AvgIpc) is 2.51. The second-order valence-electron chi connectivity index (χ2n) is 5.82. The summed E-state index contributed by atoms with van der Waals surface area (Å²) in [5.74, 6) is -1.74. The zero-order chi connectivity index (χ0) is 18.2. The molecule has 0 unspecified atom stereocenters. The fourth-order valence-electron chi connectivity index (χ4n) is 1.77. The summed E-state index contributed by atoms with van der Waals surface area (Å²) in [5.41, 5.74) is 10.2. The number of carbonyl (C=O) groups is 3. The van der Waals surface area contributed by atoms with Gasteiger partial charge in [-0.1, -0.05) is 0 Å². The molecular formula is C16H23N5O3. The Balaban J connectivity index is 2.88. The number of carbonyl (C=O) groups excluding carboxylic acids is 3. The molecule has 1 aromatic heterocycles. The molecule has 130 valence electrons. The second-order valence-corrected chi connectivity index (χ2v) is 5.82. The highest BCUT2D eigenvalue weighted by atomic mass is 16.2. The van der Waals surface area contributed by atoms with Gasteiger partial charge in [0.15, 0.2) is 0 Å². The van der Waals surface area contributed by atoms with Gasteiger partial charge in [-0.15, -0.1) is 0 Å². The van der Waals surface area contributed by atoms with Crippen molar-refractivity contribution < 1.29 is 14.4 Å². The summed E-state index contributed by atoms with van der Waals surface area (Å²) >= 11 is 0. The Bertz CT molecular complexity index is 626. The maximum atomic E-state index is 12.3. The lowest BCUT2D eigenvalue weighted by Gasteiger charge is -2.22. The number of nitrogens with zero attached hydrogens (tertiary/aromatic N) is 2. The van der Waals surface area contributed by atoms with Crippen LogP contribution >= 0.6 is 0 Å². The van der Waals surface area contributed by atoms with Gasteiger partial charge in [-0.3, -0.25) is 19.4 Å². The standard InChI is InChI=1S/C16H23N5O3/c1-16(2,15(18)24)21-14(23)12(4-3-7-17)20-13(22)10-11-5-8-19-9-6-11/h5-6,8-9H,3-4,7,10,17H2,1-2H3,(H2,18,24)(H,21,23)/b20-12+. The molecular weight excluding hydrogens is 310 g/mol. The van der Waals surface area contributed by atoms with Gasteiger partial charge in [0.2, 0.25) is 5.91 Å². The molecule has 0 radical (unpaired) electrons. The third kappa shape index (κ3) is 6.25. The summed E-state index contributed by atoms with van der Waals surface area (Å²) in [6.45, 7) is 3.31. The Kier molecular flexibility index (Phi) is 7.19. The number of rotatable bonds is 8. The van der Waals surface area contributed by atoms with Gasteiger partial charge < -0.3 is 16.8 Å². The second kappa shape index (κ2) is 8.88. The van der Waals surface area contributed by atoms with Crippen molar-refractivity contribution in [1.29, 1.82) is 0 Å². The Morgan fingerprint density at radius 2 is 1.88 bits per heavy atom. The first-order valence-corrected chi connectivity index (χ1v) is 7.58. The van der Waals surface area contributed by atoms with Crippen molar-refractivity contribution in [3.63, 3.8) is 0 Å². The van der Waals surface area contributed by atoms with Gasteiger partial charge in [-0.05, 0) is 50.9 Å². The minimum atomic E-state index is -1.24. The van der Waals surface area contributed by atoms with E-state index in [-0.39, 0.29) is 18.6 Å². The number of pyridine rings is 1. The van der Waals surface area contributed by atoms with Crippen molar-refractivity contribution in [1.82, 2.24) is 10.3 Å². The largest absolute Gasteiger partial charge is 0.368 e. The molecule has 24 heavy (non-hydrogen) atoms. The van der Waals surface area contributed by atoms with E-state index in [4.69, 9.17) is 11.5 Å². The van der Waals surface area contributed by atoms with Crippen LogP contribution in [0.5, 0.6) is 0 Å². The quantitative estimate of drug-likeness (QED) is 0.561. The van der Waals surface area contributed by atoms with E-state index in [1.54, 1.807) is 24.5 Å². The van der Waals surface area contributed by atoms with Gasteiger partial charge in [0, 0.05) is 12.4 Å². The number of hydrogen-bond acceptors (Lipinski definition) is 5. The van der Waals surface area contributed by atoms with E-state index < -0.39 is 23.3 Å². The van der Waals surface area contributed by atoms with E-state index in [0.29, 0.717) is 13.0 Å². The topological polar surface area (TPSA) is 141 Å². The molecule has 1 heterocycles. The summed E-state index contributed by atoms with van der Waals surface area (Å²) in [7, 11) is 0. The number of aliphatic imine (C=N–C) groups is 1. The molecule has 8 heteroatoms. The molecule has 3 amide bonds. The fraction of sp³-hybridized carbons (Fsp3) is 0.438. The van der Waals surface area contributed by atoms with Gasteiger partial charge in [0.05, 0.1) is 6.42 Å². The lowest BCUT2D eigenvalue weighted by atomic mass is 10.0. The van der Waals surface area contributed by atoms with Crippen LogP contribution in [-0.2, 0) is 20.8 Å². The highest BCUT2D eigenvalue weighted by Gasteiger charge is 2.28. The molecule has 8 nitrogen and oxygen atoms in total. The van der Waals surface area contributed by atoms with E-state index in [1.807, 2.05) is 0 Å². The van der Waals surface area contributed by atoms with Crippen LogP contribution in [0.3, 0.4) is 0 Å². The van der Waals surface area contributed by atoms with E-state index in [2.05, 4.69) is 15.3 Å². The lowest BCUT2D eigenvalue weighted by Crippen LogP contribution is -2.54. The highest BCUT2D eigenvalue weighted by molar-refractivity contribution is 6.40. The maximum Gasteiger partial charge on any atom is 0.266 e. The molecule has 0 saturated heterocycles. The van der Waals surface area contributed by atoms with Crippen LogP contribution in [0.2, 0.25) is 0 Å². The molecule has 1 rings (SSSR count). The van der Waals surface area contributed by atoms with Crippen LogP contribution < -0.4 is 16.8 Å². The molecule has 0 fully saturated rings. The molecule has 0 aliphatic rings. The third-order valence-corrected chi connectivity index (χ3v) is 3.29. The lowest BCUT2D eigenvalue weighted by molar-refractivity contribution is -0.127. The predicted molar refractivity (Wildman–Crippen MR) is 90.1 cm³/mol. The Hall–Kier alpha value is -2.61. The SMILES string of the molecule is CC(C)(NC(=O)/C(CCCN)=N/C(=O)Cc1ccncc1)C(N)=O. The van der Waals surface area contributed by atoms with E-state index in [9.17, 15) is 14.4 Å². The summed E-state index contributed by atoms with van der Waals surface area (Å²) in [6.07, 6.45) is 3.93. The van der Waals surface area contributed by atoms with Crippen molar-refractivity contribution in [3.8, 4) is 0 Å². The molecule has 1 aromatic rings. The first-order valence-electron chi connectivity index (χ1n) is 7.58. The van der Waals surface area contributed by atoms with Gasteiger partial charge in [-0.25, -0.2) is 4.99 Å². The van der Waals surface area contributed by atoms with Gasteiger partial charge in [0.25, 0.3) is 11.8 Å². The first kappa shape index (κ1) is 19.4. The summed E-state index contributed by atoms with van der Waals surface area (Å²) in [6, 6.07) is 3.40. The van der Waals surface area contributed by atoms with E-state index in [1.165, 1.54) is 13.8 Å². The zero-order valence-electron chi connectivity index (χ0n) is 13.9. The van der Waals surface area contributed by atoms with E-state index in [0.717, 1.165) is 5.56 Å². The van der Waals surface area contributed by atoms with Gasteiger partial charge in [0.1, 0.15) is 11.3 Å². The molecule has 0 spiro atoms. The van der Waals surface area contributed by atoms with Crippen LogP contribution in [0, 0.1) is 0 Å². The molecule has 5 N–H and O–H groups in total. The van der Waals surface area contributed by atoms with Crippen molar-refractivity contribution in [3.05, 3.63) is 30.1 Å². The first-order chi connectivity index (χ1) is 11.3. The fourth-order valence-corrected chi connectivity index (χ4v) is 1.77. The molecule has 0 aliphatic carbocycles. The predicted octanol–water partition coefficient (Wildman–Crippen LogP) is -0.289. The maximum absolute atomic E-state index is 12.3. The summed E-state index contributed by atoms with van der Waals surface area (Å²) in [4.78, 5) is 43.5. The van der Waals surface area contributed by atoms with E-state index >= 15 is 0 Å². The van der Waals surface area contributed by atoms with Crippen molar-refractivity contribution in [2.45, 2.75) is 38.6 Å². The summed E-state index contributed by atoms with van der Waals surface area (Å²) < 4.78 is 0. The van der Waals surface area contributed by atoms with Gasteiger partial charge >= 0.3 is 0 Å². The Labute approximate surface area is 140 Å². The number of aromatic nitrogens is 1. The monoisotopic (exact) mass is 333 g/mol. The molecule has 0 aliphatic heterocycles. The normalized spacial score (nSPS) is 11.9. The molecule has 0 aromatic carbocycles. The van der Waals surface area contributed by atoms with Crippen molar-refractivity contribution >= 4 is 23.4 Å². The van der Waals surface area contributed by atoms with Crippen LogP contribution in [0.15, 0.2) is 29.5 Å². The van der Waals surface area contributed by atoms with Gasteiger partial charge in [-0.2, -0.15) is 0 Å². The minimum absolute atomic E-state index is 0.0360.